The van der Waals surface area contributed by atoms with Gasteiger partial charge in [0.2, 0.25) is 0 Å². The third kappa shape index (κ3) is 2.93. The molecule has 0 saturated carbocycles. The van der Waals surface area contributed by atoms with Crippen LogP contribution in [0.5, 0.6) is 5.75 Å². The van der Waals surface area contributed by atoms with E-state index in [0.29, 0.717) is 29.6 Å². The van der Waals surface area contributed by atoms with Crippen molar-refractivity contribution in [2.24, 2.45) is 0 Å². The number of aryl methyl sites for hydroxylation is 1. The van der Waals surface area contributed by atoms with Crippen molar-refractivity contribution < 1.29 is 17.5 Å². The monoisotopic (exact) mass is 362 g/mol. The van der Waals surface area contributed by atoms with E-state index in [9.17, 15) is 12.8 Å². The molecule has 1 atom stereocenters. The maximum Gasteiger partial charge on any atom is 0.262 e. The van der Waals surface area contributed by atoms with Gasteiger partial charge in [0.25, 0.3) is 10.0 Å². The number of halogens is 1. The van der Waals surface area contributed by atoms with Gasteiger partial charge in [-0.15, -0.1) is 0 Å². The van der Waals surface area contributed by atoms with Crippen molar-refractivity contribution in [3.63, 3.8) is 0 Å². The Hall–Kier alpha value is -2.28. The summed E-state index contributed by atoms with van der Waals surface area (Å²) in [6.07, 6.45) is 2.26. The quantitative estimate of drug-likeness (QED) is 0.910. The molecule has 25 heavy (non-hydrogen) atoms. The molecule has 0 amide bonds. The van der Waals surface area contributed by atoms with E-state index < -0.39 is 15.8 Å². The number of benzene rings is 2. The first kappa shape index (κ1) is 16.2. The standard InChI is InChI=1S/C18H19FN2O3S/c1-12-4-5-13(19)9-18(12)25(22,23)20-14-6-7-16-17(10-14)24-11-15-3-2-8-21(15)16/h4-7,9-10,15,20H,2-3,8,11H2,1H3/t15-/m0/s1. The molecule has 2 aliphatic heterocycles. The summed E-state index contributed by atoms with van der Waals surface area (Å²) in [7, 11) is -3.87. The van der Waals surface area contributed by atoms with Crippen molar-refractivity contribution in [1.82, 2.24) is 0 Å². The molecule has 132 valence electrons. The van der Waals surface area contributed by atoms with Crippen LogP contribution in [0.1, 0.15) is 18.4 Å². The molecule has 1 fully saturated rings. The lowest BCUT2D eigenvalue weighted by Crippen LogP contribution is -2.38. The van der Waals surface area contributed by atoms with E-state index in [1.54, 1.807) is 19.1 Å². The molecule has 0 aromatic heterocycles. The van der Waals surface area contributed by atoms with E-state index in [1.165, 1.54) is 12.1 Å². The van der Waals surface area contributed by atoms with Crippen molar-refractivity contribution in [3.05, 3.63) is 47.8 Å². The molecule has 4 rings (SSSR count). The fraction of sp³-hybridized carbons (Fsp3) is 0.333. The third-order valence-corrected chi connectivity index (χ3v) is 6.29. The summed E-state index contributed by atoms with van der Waals surface area (Å²) in [6, 6.07) is 9.42. The van der Waals surface area contributed by atoms with E-state index in [4.69, 9.17) is 4.74 Å². The number of rotatable bonds is 3. The van der Waals surface area contributed by atoms with Crippen LogP contribution in [0.4, 0.5) is 15.8 Å². The van der Waals surface area contributed by atoms with Crippen molar-refractivity contribution in [1.29, 1.82) is 0 Å². The molecule has 0 unspecified atom stereocenters. The number of anilines is 2. The van der Waals surface area contributed by atoms with Gasteiger partial charge in [-0.1, -0.05) is 6.07 Å². The molecule has 5 nitrogen and oxygen atoms in total. The van der Waals surface area contributed by atoms with Gasteiger partial charge in [-0.3, -0.25) is 4.72 Å². The molecule has 1 N–H and O–H groups in total. The van der Waals surface area contributed by atoms with Crippen LogP contribution in [0.15, 0.2) is 41.3 Å². The number of hydrogen-bond acceptors (Lipinski definition) is 4. The van der Waals surface area contributed by atoms with Crippen molar-refractivity contribution >= 4 is 21.4 Å². The molecule has 1 saturated heterocycles. The number of sulfonamides is 1. The van der Waals surface area contributed by atoms with Gasteiger partial charge < -0.3 is 9.64 Å². The van der Waals surface area contributed by atoms with Gasteiger partial charge in [0.1, 0.15) is 18.2 Å². The summed E-state index contributed by atoms with van der Waals surface area (Å²) in [5.74, 6) is 0.0918. The molecule has 7 heteroatoms. The van der Waals surface area contributed by atoms with E-state index >= 15 is 0 Å². The fourth-order valence-corrected chi connectivity index (χ4v) is 4.82. The average Bonchev–Trinajstić information content (AvgIpc) is 3.05. The van der Waals surface area contributed by atoms with E-state index in [0.717, 1.165) is 31.1 Å². The van der Waals surface area contributed by atoms with Crippen LogP contribution < -0.4 is 14.4 Å². The zero-order valence-electron chi connectivity index (χ0n) is 13.8. The predicted octanol–water partition coefficient (Wildman–Crippen LogP) is 3.30. The molecule has 0 bridgehead atoms. The summed E-state index contributed by atoms with van der Waals surface area (Å²) in [5, 5.41) is 0. The maximum atomic E-state index is 13.4. The van der Waals surface area contributed by atoms with Crippen molar-refractivity contribution in [2.45, 2.75) is 30.7 Å². The Kier molecular flexibility index (Phi) is 3.83. The maximum absolute atomic E-state index is 13.4. The molecule has 2 aromatic carbocycles. The first-order valence-corrected chi connectivity index (χ1v) is 9.75. The van der Waals surface area contributed by atoms with E-state index in [-0.39, 0.29) is 4.90 Å². The van der Waals surface area contributed by atoms with Gasteiger partial charge in [0.05, 0.1) is 22.3 Å². The summed E-state index contributed by atoms with van der Waals surface area (Å²) in [5.41, 5.74) is 1.89. The number of nitrogens with one attached hydrogen (secondary N) is 1. The molecular weight excluding hydrogens is 343 g/mol. The Labute approximate surface area is 146 Å². The molecule has 0 radical (unpaired) electrons. The topological polar surface area (TPSA) is 58.6 Å². The summed E-state index contributed by atoms with van der Waals surface area (Å²) in [4.78, 5) is 2.25. The van der Waals surface area contributed by atoms with Gasteiger partial charge in [0, 0.05) is 12.6 Å². The third-order valence-electron chi connectivity index (χ3n) is 4.77. The molecule has 0 spiro atoms. The van der Waals surface area contributed by atoms with Crippen LogP contribution in [-0.4, -0.2) is 27.6 Å². The van der Waals surface area contributed by atoms with Crippen molar-refractivity contribution in [3.8, 4) is 5.75 Å². The van der Waals surface area contributed by atoms with Gasteiger partial charge in [-0.25, -0.2) is 12.8 Å². The first-order chi connectivity index (χ1) is 11.9. The SMILES string of the molecule is Cc1ccc(F)cc1S(=O)(=O)Nc1ccc2c(c1)OC[C@@H]1CCCN21. The highest BCUT2D eigenvalue weighted by molar-refractivity contribution is 7.92. The highest BCUT2D eigenvalue weighted by atomic mass is 32.2. The van der Waals surface area contributed by atoms with Crippen LogP contribution in [-0.2, 0) is 10.0 Å². The molecule has 0 aliphatic carbocycles. The van der Waals surface area contributed by atoms with E-state index in [2.05, 4.69) is 9.62 Å². The Morgan fingerprint density at radius 2 is 2.08 bits per heavy atom. The number of hydrogen-bond donors (Lipinski definition) is 1. The molecular formula is C18H19FN2O3S. The highest BCUT2D eigenvalue weighted by Crippen LogP contribution is 2.39. The highest BCUT2D eigenvalue weighted by Gasteiger charge is 2.31. The smallest absolute Gasteiger partial charge is 0.262 e. The number of nitrogens with zero attached hydrogens (tertiary/aromatic N) is 1. The normalized spacial score (nSPS) is 19.1. The first-order valence-electron chi connectivity index (χ1n) is 8.26. The lowest BCUT2D eigenvalue weighted by Gasteiger charge is -2.33. The van der Waals surface area contributed by atoms with Crippen LogP contribution in [0.25, 0.3) is 0 Å². The largest absolute Gasteiger partial charge is 0.489 e. The molecule has 2 aliphatic rings. The second-order valence-corrected chi connectivity index (χ2v) is 8.15. The molecule has 2 heterocycles. The van der Waals surface area contributed by atoms with Crippen LogP contribution in [0.3, 0.4) is 0 Å². The Morgan fingerprint density at radius 3 is 2.92 bits per heavy atom. The van der Waals surface area contributed by atoms with E-state index in [1.807, 2.05) is 6.07 Å². The van der Waals surface area contributed by atoms with Gasteiger partial charge in [-0.2, -0.15) is 0 Å². The zero-order valence-corrected chi connectivity index (χ0v) is 14.6. The van der Waals surface area contributed by atoms with Crippen molar-refractivity contribution in [2.75, 3.05) is 22.8 Å². The minimum absolute atomic E-state index is 0.0641. The molecule has 2 aromatic rings. The zero-order chi connectivity index (χ0) is 17.6. The summed E-state index contributed by atoms with van der Waals surface area (Å²) in [6.45, 7) is 3.25. The predicted molar refractivity (Wildman–Crippen MR) is 94.3 cm³/mol. The lowest BCUT2D eigenvalue weighted by atomic mass is 10.1. The average molecular weight is 362 g/mol. The fourth-order valence-electron chi connectivity index (χ4n) is 3.52. The Balaban J connectivity index is 1.64. The summed E-state index contributed by atoms with van der Waals surface area (Å²) < 4.78 is 47.0. The Bertz CT molecular complexity index is 930. The van der Waals surface area contributed by atoms with Crippen LogP contribution in [0.2, 0.25) is 0 Å². The summed E-state index contributed by atoms with van der Waals surface area (Å²) >= 11 is 0. The minimum atomic E-state index is -3.87. The minimum Gasteiger partial charge on any atom is -0.489 e. The number of ether oxygens (including phenoxy) is 1. The van der Waals surface area contributed by atoms with Crippen LogP contribution in [0, 0.1) is 12.7 Å². The van der Waals surface area contributed by atoms with Gasteiger partial charge in [-0.05, 0) is 49.6 Å². The van der Waals surface area contributed by atoms with Gasteiger partial charge in [0.15, 0.2) is 0 Å². The second-order valence-electron chi connectivity index (χ2n) is 6.50. The van der Waals surface area contributed by atoms with Gasteiger partial charge >= 0.3 is 0 Å². The second kappa shape index (κ2) is 5.91. The number of fused-ring (bicyclic) bond motifs is 3. The lowest BCUT2D eigenvalue weighted by molar-refractivity contribution is 0.272. The van der Waals surface area contributed by atoms with Crippen LogP contribution >= 0.6 is 0 Å². The Morgan fingerprint density at radius 1 is 1.24 bits per heavy atom.